The fraction of sp³-hybridized carbons (Fsp3) is 0.273. The first-order valence-corrected chi connectivity index (χ1v) is 9.69. The van der Waals surface area contributed by atoms with Gasteiger partial charge in [0.1, 0.15) is 0 Å². The first kappa shape index (κ1) is 18.9. The highest BCUT2D eigenvalue weighted by molar-refractivity contribution is 6.00. The maximum absolute atomic E-state index is 12.5. The third-order valence-corrected chi connectivity index (χ3v) is 5.10. The van der Waals surface area contributed by atoms with Crippen molar-refractivity contribution in [1.29, 1.82) is 0 Å². The number of hydrogen-bond acceptors (Lipinski definition) is 4. The van der Waals surface area contributed by atoms with Crippen molar-refractivity contribution in [3.8, 4) is 11.3 Å². The number of amides is 2. The summed E-state index contributed by atoms with van der Waals surface area (Å²) in [5.74, 6) is -0.425. The molecule has 0 aliphatic carbocycles. The lowest BCUT2D eigenvalue weighted by Gasteiger charge is -2.17. The fourth-order valence-corrected chi connectivity index (χ4v) is 3.46. The number of carbonyl (C=O) groups excluding carboxylic acids is 2. The second kappa shape index (κ2) is 8.26. The average Bonchev–Trinajstić information content (AvgIpc) is 3.36. The number of carbonyl (C=O) groups is 2. The molecule has 1 aliphatic heterocycles. The van der Waals surface area contributed by atoms with Gasteiger partial charge in [0, 0.05) is 49.4 Å². The summed E-state index contributed by atoms with van der Waals surface area (Å²) >= 11 is 0. The Labute approximate surface area is 169 Å². The summed E-state index contributed by atoms with van der Waals surface area (Å²) < 4.78 is 1.80. The molecule has 1 aliphatic rings. The van der Waals surface area contributed by atoms with Crippen LogP contribution in [0.25, 0.3) is 11.3 Å². The minimum Gasteiger partial charge on any atom is -0.354 e. The van der Waals surface area contributed by atoms with E-state index in [-0.39, 0.29) is 24.2 Å². The zero-order valence-electron chi connectivity index (χ0n) is 16.3. The van der Waals surface area contributed by atoms with Crippen LogP contribution in [0.3, 0.4) is 0 Å². The molecular weight excluding hydrogens is 366 g/mol. The molecular formula is C22H23N5O2. The van der Waals surface area contributed by atoms with Crippen molar-refractivity contribution < 1.29 is 9.59 Å². The van der Waals surface area contributed by atoms with Gasteiger partial charge in [0.15, 0.2) is 0 Å². The molecule has 1 N–H and O–H groups in total. The number of benzene rings is 1. The van der Waals surface area contributed by atoms with Crippen LogP contribution in [-0.2, 0) is 16.1 Å². The predicted octanol–water partition coefficient (Wildman–Crippen LogP) is 2.42. The Morgan fingerprint density at radius 1 is 1.14 bits per heavy atom. The summed E-state index contributed by atoms with van der Waals surface area (Å²) in [6.07, 6.45) is 5.60. The largest absolute Gasteiger partial charge is 0.354 e. The number of pyridine rings is 1. The molecule has 2 amide bonds. The third kappa shape index (κ3) is 4.34. The summed E-state index contributed by atoms with van der Waals surface area (Å²) in [4.78, 5) is 30.5. The minimum absolute atomic E-state index is 0.0110. The van der Waals surface area contributed by atoms with Crippen molar-refractivity contribution >= 4 is 17.5 Å². The lowest BCUT2D eigenvalue weighted by atomic mass is 10.1. The molecule has 3 heterocycles. The van der Waals surface area contributed by atoms with Gasteiger partial charge in [-0.3, -0.25) is 19.3 Å². The summed E-state index contributed by atoms with van der Waals surface area (Å²) in [5.41, 5.74) is 3.86. The van der Waals surface area contributed by atoms with Gasteiger partial charge in [-0.05, 0) is 37.3 Å². The predicted molar refractivity (Wildman–Crippen MR) is 110 cm³/mol. The Hall–Kier alpha value is -3.48. The molecule has 4 rings (SSSR count). The number of aromatic nitrogens is 3. The highest BCUT2D eigenvalue weighted by Crippen LogP contribution is 2.25. The quantitative estimate of drug-likeness (QED) is 0.702. The normalized spacial score (nSPS) is 16.2. The smallest absolute Gasteiger partial charge is 0.227 e. The Balaban J connectivity index is 1.29. The van der Waals surface area contributed by atoms with Gasteiger partial charge in [-0.25, -0.2) is 0 Å². The molecule has 1 aromatic carbocycles. The van der Waals surface area contributed by atoms with Crippen molar-refractivity contribution in [1.82, 2.24) is 20.1 Å². The number of aryl methyl sites for hydroxylation is 1. The molecule has 148 valence electrons. The fourth-order valence-electron chi connectivity index (χ4n) is 3.46. The Morgan fingerprint density at radius 3 is 2.66 bits per heavy atom. The van der Waals surface area contributed by atoms with E-state index in [1.54, 1.807) is 22.0 Å². The van der Waals surface area contributed by atoms with Crippen LogP contribution < -0.4 is 10.2 Å². The van der Waals surface area contributed by atoms with Crippen LogP contribution in [0.1, 0.15) is 12.0 Å². The van der Waals surface area contributed by atoms with Crippen molar-refractivity contribution in [2.45, 2.75) is 19.9 Å². The number of rotatable bonds is 6. The first-order chi connectivity index (χ1) is 14.1. The lowest BCUT2D eigenvalue weighted by molar-refractivity contribution is -0.126. The highest BCUT2D eigenvalue weighted by Gasteiger charge is 2.34. The SMILES string of the molecule is Cc1ccc(N2CC(C(=O)NCCn3ccc(-c4ccncc4)n3)CC2=O)cc1. The summed E-state index contributed by atoms with van der Waals surface area (Å²) in [7, 11) is 0. The zero-order chi connectivity index (χ0) is 20.2. The van der Waals surface area contributed by atoms with E-state index in [1.165, 1.54) is 0 Å². The topological polar surface area (TPSA) is 80.1 Å². The van der Waals surface area contributed by atoms with Gasteiger partial charge in [0.05, 0.1) is 18.2 Å². The van der Waals surface area contributed by atoms with Crippen molar-refractivity contribution in [3.63, 3.8) is 0 Å². The second-order valence-electron chi connectivity index (χ2n) is 7.23. The van der Waals surface area contributed by atoms with Crippen LogP contribution in [0.15, 0.2) is 61.1 Å². The molecule has 29 heavy (non-hydrogen) atoms. The van der Waals surface area contributed by atoms with E-state index in [9.17, 15) is 9.59 Å². The molecule has 0 bridgehead atoms. The van der Waals surface area contributed by atoms with E-state index in [2.05, 4.69) is 15.4 Å². The standard InChI is InChI=1S/C22H23N5O2/c1-16-2-4-19(5-3-16)27-15-18(14-21(27)28)22(29)24-11-13-26-12-8-20(25-26)17-6-9-23-10-7-17/h2-10,12,18H,11,13-15H2,1H3,(H,24,29). The molecule has 1 atom stereocenters. The van der Waals surface area contributed by atoms with Gasteiger partial charge in [0.2, 0.25) is 11.8 Å². The molecule has 7 heteroatoms. The number of hydrogen-bond donors (Lipinski definition) is 1. The summed E-state index contributed by atoms with van der Waals surface area (Å²) in [6.45, 7) is 3.46. The lowest BCUT2D eigenvalue weighted by Crippen LogP contribution is -2.34. The van der Waals surface area contributed by atoms with Gasteiger partial charge in [-0.15, -0.1) is 0 Å². The van der Waals surface area contributed by atoms with E-state index >= 15 is 0 Å². The molecule has 2 aromatic heterocycles. The van der Waals surface area contributed by atoms with Gasteiger partial charge in [-0.2, -0.15) is 5.10 Å². The number of nitrogens with one attached hydrogen (secondary N) is 1. The number of anilines is 1. The average molecular weight is 389 g/mol. The number of nitrogens with zero attached hydrogens (tertiary/aromatic N) is 4. The van der Waals surface area contributed by atoms with E-state index in [1.807, 2.05) is 55.6 Å². The zero-order valence-corrected chi connectivity index (χ0v) is 16.3. The van der Waals surface area contributed by atoms with Gasteiger partial charge in [0.25, 0.3) is 0 Å². The van der Waals surface area contributed by atoms with E-state index < -0.39 is 0 Å². The van der Waals surface area contributed by atoms with Gasteiger partial charge < -0.3 is 10.2 Å². The van der Waals surface area contributed by atoms with Crippen molar-refractivity contribution in [3.05, 3.63) is 66.6 Å². The van der Waals surface area contributed by atoms with Gasteiger partial charge in [-0.1, -0.05) is 17.7 Å². The molecule has 0 radical (unpaired) electrons. The Bertz CT molecular complexity index is 998. The van der Waals surface area contributed by atoms with E-state index in [0.29, 0.717) is 19.6 Å². The van der Waals surface area contributed by atoms with Crippen LogP contribution >= 0.6 is 0 Å². The Kier molecular flexibility index (Phi) is 5.37. The minimum atomic E-state index is -0.325. The highest BCUT2D eigenvalue weighted by atomic mass is 16.2. The molecule has 3 aromatic rings. The molecule has 1 fully saturated rings. The van der Waals surface area contributed by atoms with Crippen molar-refractivity contribution in [2.24, 2.45) is 5.92 Å². The van der Waals surface area contributed by atoms with E-state index in [0.717, 1.165) is 22.5 Å². The first-order valence-electron chi connectivity index (χ1n) is 9.69. The Morgan fingerprint density at radius 2 is 1.90 bits per heavy atom. The second-order valence-corrected chi connectivity index (χ2v) is 7.23. The van der Waals surface area contributed by atoms with Crippen LogP contribution in [-0.4, -0.2) is 39.7 Å². The molecule has 1 unspecified atom stereocenters. The van der Waals surface area contributed by atoms with Crippen LogP contribution in [0.4, 0.5) is 5.69 Å². The monoisotopic (exact) mass is 389 g/mol. The van der Waals surface area contributed by atoms with Crippen LogP contribution in [0.2, 0.25) is 0 Å². The molecule has 7 nitrogen and oxygen atoms in total. The molecule has 0 saturated carbocycles. The summed E-state index contributed by atoms with van der Waals surface area (Å²) in [6, 6.07) is 13.5. The van der Waals surface area contributed by atoms with Crippen LogP contribution in [0.5, 0.6) is 0 Å². The maximum Gasteiger partial charge on any atom is 0.227 e. The summed E-state index contributed by atoms with van der Waals surface area (Å²) in [5, 5.41) is 7.46. The molecule has 1 saturated heterocycles. The van der Waals surface area contributed by atoms with Gasteiger partial charge >= 0.3 is 0 Å². The molecule has 0 spiro atoms. The van der Waals surface area contributed by atoms with Crippen LogP contribution in [0, 0.1) is 12.8 Å². The van der Waals surface area contributed by atoms with Crippen molar-refractivity contribution in [2.75, 3.05) is 18.0 Å². The third-order valence-electron chi connectivity index (χ3n) is 5.10. The maximum atomic E-state index is 12.5. The van der Waals surface area contributed by atoms with E-state index in [4.69, 9.17) is 0 Å².